The van der Waals surface area contributed by atoms with Crippen molar-refractivity contribution >= 4 is 5.95 Å². The predicted molar refractivity (Wildman–Crippen MR) is 88.6 cm³/mol. The molecule has 1 aromatic rings. The highest BCUT2D eigenvalue weighted by Crippen LogP contribution is 2.24. The van der Waals surface area contributed by atoms with E-state index in [-0.39, 0.29) is 0 Å². The third-order valence-electron chi connectivity index (χ3n) is 4.37. The maximum absolute atomic E-state index is 4.72. The van der Waals surface area contributed by atoms with Crippen molar-refractivity contribution in [2.24, 2.45) is 5.92 Å². The van der Waals surface area contributed by atoms with Gasteiger partial charge in [0.1, 0.15) is 0 Å². The molecular weight excluding hydrogens is 260 g/mol. The Morgan fingerprint density at radius 2 is 2.00 bits per heavy atom. The lowest BCUT2D eigenvalue weighted by Crippen LogP contribution is -2.34. The van der Waals surface area contributed by atoms with E-state index in [0.29, 0.717) is 12.0 Å². The van der Waals surface area contributed by atoms with Crippen LogP contribution < -0.4 is 10.2 Å². The highest BCUT2D eigenvalue weighted by atomic mass is 15.3. The molecular formula is C17H30N4. The minimum atomic E-state index is 0.614. The van der Waals surface area contributed by atoms with Crippen molar-refractivity contribution in [3.8, 4) is 0 Å². The molecule has 0 amide bonds. The summed E-state index contributed by atoms with van der Waals surface area (Å²) < 4.78 is 0. The van der Waals surface area contributed by atoms with E-state index in [9.17, 15) is 0 Å². The molecule has 1 fully saturated rings. The minimum Gasteiger partial charge on any atom is -0.341 e. The molecule has 118 valence electrons. The van der Waals surface area contributed by atoms with Gasteiger partial charge >= 0.3 is 0 Å². The fourth-order valence-corrected chi connectivity index (χ4v) is 2.95. The van der Waals surface area contributed by atoms with E-state index in [4.69, 9.17) is 4.98 Å². The fourth-order valence-electron chi connectivity index (χ4n) is 2.95. The first-order chi connectivity index (χ1) is 10.1. The summed E-state index contributed by atoms with van der Waals surface area (Å²) in [6, 6.07) is 0.614. The molecule has 1 heterocycles. The van der Waals surface area contributed by atoms with E-state index in [1.54, 1.807) is 0 Å². The van der Waals surface area contributed by atoms with E-state index in [2.05, 4.69) is 43.0 Å². The van der Waals surface area contributed by atoms with Gasteiger partial charge in [0, 0.05) is 37.1 Å². The van der Waals surface area contributed by atoms with Crippen LogP contribution in [0.2, 0.25) is 0 Å². The molecule has 0 aliphatic heterocycles. The lowest BCUT2D eigenvalue weighted by molar-refractivity contribution is 0.424. The van der Waals surface area contributed by atoms with E-state index in [1.807, 2.05) is 6.20 Å². The molecule has 0 unspecified atom stereocenters. The van der Waals surface area contributed by atoms with Crippen LogP contribution in [-0.4, -0.2) is 29.6 Å². The lowest BCUT2D eigenvalue weighted by atomic mass is 9.95. The molecule has 4 nitrogen and oxygen atoms in total. The second-order valence-corrected chi connectivity index (χ2v) is 6.71. The first kappa shape index (κ1) is 16.2. The predicted octanol–water partition coefficient (Wildman–Crippen LogP) is 3.30. The van der Waals surface area contributed by atoms with Gasteiger partial charge in [0.2, 0.25) is 5.95 Å². The largest absolute Gasteiger partial charge is 0.341 e. The van der Waals surface area contributed by atoms with Crippen LogP contribution in [0.25, 0.3) is 0 Å². The van der Waals surface area contributed by atoms with Crippen LogP contribution in [-0.2, 0) is 6.54 Å². The first-order valence-corrected chi connectivity index (χ1v) is 8.34. The van der Waals surface area contributed by atoms with Crippen LogP contribution in [0.1, 0.15) is 57.2 Å². The topological polar surface area (TPSA) is 41.1 Å². The Bertz CT molecular complexity index is 438. The zero-order valence-corrected chi connectivity index (χ0v) is 14.0. The highest BCUT2D eigenvalue weighted by Gasteiger charge is 2.20. The quantitative estimate of drug-likeness (QED) is 0.873. The van der Waals surface area contributed by atoms with Gasteiger partial charge in [-0.15, -0.1) is 0 Å². The van der Waals surface area contributed by atoms with Gasteiger partial charge in [0.05, 0.1) is 0 Å². The van der Waals surface area contributed by atoms with Crippen molar-refractivity contribution in [3.05, 3.63) is 17.5 Å². The fraction of sp³-hybridized carbons (Fsp3) is 0.765. The Labute approximate surface area is 129 Å². The Morgan fingerprint density at radius 1 is 1.29 bits per heavy atom. The third-order valence-corrected chi connectivity index (χ3v) is 4.37. The van der Waals surface area contributed by atoms with Gasteiger partial charge in [-0.1, -0.05) is 33.1 Å². The van der Waals surface area contributed by atoms with E-state index in [0.717, 1.165) is 24.7 Å². The monoisotopic (exact) mass is 290 g/mol. The Balaban J connectivity index is 1.97. The zero-order chi connectivity index (χ0) is 15.2. The van der Waals surface area contributed by atoms with E-state index in [1.165, 1.54) is 37.7 Å². The number of aryl methyl sites for hydroxylation is 1. The third kappa shape index (κ3) is 4.67. The molecule has 0 radical (unpaired) electrons. The lowest BCUT2D eigenvalue weighted by Gasteiger charge is -2.31. The highest BCUT2D eigenvalue weighted by molar-refractivity contribution is 5.33. The summed E-state index contributed by atoms with van der Waals surface area (Å²) in [6.07, 6.45) is 8.60. The number of rotatable bonds is 6. The maximum atomic E-state index is 4.72. The van der Waals surface area contributed by atoms with Gasteiger partial charge < -0.3 is 10.2 Å². The van der Waals surface area contributed by atoms with Crippen LogP contribution in [0.5, 0.6) is 0 Å². The minimum absolute atomic E-state index is 0.614. The summed E-state index contributed by atoms with van der Waals surface area (Å²) in [5.74, 6) is 1.55. The summed E-state index contributed by atoms with van der Waals surface area (Å²) in [5, 5.41) is 3.46. The Hall–Kier alpha value is -1.16. The maximum Gasteiger partial charge on any atom is 0.225 e. The molecule has 1 N–H and O–H groups in total. The van der Waals surface area contributed by atoms with Crippen LogP contribution in [0, 0.1) is 12.8 Å². The van der Waals surface area contributed by atoms with Crippen LogP contribution in [0.15, 0.2) is 6.20 Å². The number of hydrogen-bond acceptors (Lipinski definition) is 4. The summed E-state index contributed by atoms with van der Waals surface area (Å²) in [4.78, 5) is 11.6. The van der Waals surface area contributed by atoms with E-state index >= 15 is 0 Å². The molecule has 0 bridgehead atoms. The normalized spacial score (nSPS) is 16.4. The smallest absolute Gasteiger partial charge is 0.225 e. The standard InChI is InChI=1S/C17H30N4/c1-13(2)10-18-11-15-12-19-17(20-14(15)3)21(4)16-8-6-5-7-9-16/h12-13,16,18H,5-11H2,1-4H3. The molecule has 1 aliphatic rings. The molecule has 21 heavy (non-hydrogen) atoms. The SMILES string of the molecule is Cc1nc(N(C)C2CCCCC2)ncc1CNCC(C)C. The molecule has 4 heteroatoms. The van der Waals surface area contributed by atoms with Crippen LogP contribution in [0.4, 0.5) is 5.95 Å². The van der Waals surface area contributed by atoms with Gasteiger partial charge in [0.25, 0.3) is 0 Å². The molecule has 0 spiro atoms. The summed E-state index contributed by atoms with van der Waals surface area (Å²) in [6.45, 7) is 8.42. The van der Waals surface area contributed by atoms with Crippen molar-refractivity contribution < 1.29 is 0 Å². The molecule has 2 rings (SSSR count). The van der Waals surface area contributed by atoms with Gasteiger partial charge in [-0.2, -0.15) is 0 Å². The van der Waals surface area contributed by atoms with Gasteiger partial charge in [-0.05, 0) is 32.2 Å². The Morgan fingerprint density at radius 3 is 2.62 bits per heavy atom. The molecule has 1 saturated carbocycles. The first-order valence-electron chi connectivity index (χ1n) is 8.34. The number of hydrogen-bond donors (Lipinski definition) is 1. The molecule has 0 atom stereocenters. The van der Waals surface area contributed by atoms with Gasteiger partial charge in [-0.3, -0.25) is 0 Å². The van der Waals surface area contributed by atoms with Crippen LogP contribution in [0.3, 0.4) is 0 Å². The molecule has 1 aliphatic carbocycles. The van der Waals surface area contributed by atoms with Crippen molar-refractivity contribution in [1.82, 2.24) is 15.3 Å². The number of aromatic nitrogens is 2. The molecule has 0 saturated heterocycles. The van der Waals surface area contributed by atoms with Crippen molar-refractivity contribution in [3.63, 3.8) is 0 Å². The van der Waals surface area contributed by atoms with Crippen molar-refractivity contribution in [1.29, 1.82) is 0 Å². The number of nitrogens with zero attached hydrogens (tertiary/aromatic N) is 3. The summed E-state index contributed by atoms with van der Waals surface area (Å²) in [5.41, 5.74) is 2.30. The second-order valence-electron chi connectivity index (χ2n) is 6.71. The van der Waals surface area contributed by atoms with Crippen molar-refractivity contribution in [2.45, 2.75) is 65.5 Å². The average Bonchev–Trinajstić information content (AvgIpc) is 2.48. The van der Waals surface area contributed by atoms with Gasteiger partial charge in [-0.25, -0.2) is 9.97 Å². The van der Waals surface area contributed by atoms with E-state index < -0.39 is 0 Å². The summed E-state index contributed by atoms with van der Waals surface area (Å²) in [7, 11) is 2.14. The molecule has 0 aromatic carbocycles. The van der Waals surface area contributed by atoms with Crippen LogP contribution >= 0.6 is 0 Å². The van der Waals surface area contributed by atoms with Gasteiger partial charge in [0.15, 0.2) is 0 Å². The second kappa shape index (κ2) is 7.74. The number of nitrogens with one attached hydrogen (secondary N) is 1. The van der Waals surface area contributed by atoms with Crippen molar-refractivity contribution in [2.75, 3.05) is 18.5 Å². The Kier molecular flexibility index (Phi) is 5.97. The number of anilines is 1. The zero-order valence-electron chi connectivity index (χ0n) is 14.0. The summed E-state index contributed by atoms with van der Waals surface area (Å²) >= 11 is 0. The molecule has 1 aromatic heterocycles. The average molecular weight is 290 g/mol.